The highest BCUT2D eigenvalue weighted by atomic mass is 16.6. The molecule has 0 aromatic heterocycles. The van der Waals surface area contributed by atoms with Crippen molar-refractivity contribution in [2.75, 3.05) is 12.4 Å². The summed E-state index contributed by atoms with van der Waals surface area (Å²) in [5.74, 6) is -0.0165. The molecule has 0 saturated heterocycles. The van der Waals surface area contributed by atoms with Crippen LogP contribution in [0.3, 0.4) is 0 Å². The van der Waals surface area contributed by atoms with Crippen LogP contribution in [-0.2, 0) is 0 Å². The van der Waals surface area contributed by atoms with E-state index in [0.29, 0.717) is 5.75 Å². The minimum atomic E-state index is -0.443. The number of phenolic OH excluding ortho intramolecular Hbond substituents is 1. The summed E-state index contributed by atoms with van der Waals surface area (Å²) in [6.07, 6.45) is 0. The van der Waals surface area contributed by atoms with Gasteiger partial charge in [-0.05, 0) is 40.8 Å². The lowest BCUT2D eigenvalue weighted by molar-refractivity contribution is -0.385. The smallest absolute Gasteiger partial charge is 0.269 e. The van der Waals surface area contributed by atoms with E-state index < -0.39 is 9.85 Å². The van der Waals surface area contributed by atoms with Crippen LogP contribution in [-0.4, -0.2) is 22.1 Å². The molecule has 2 N–H and O–H groups in total. The minimum Gasteiger partial charge on any atom is -0.504 e. The van der Waals surface area contributed by atoms with Crippen LogP contribution in [0.25, 0.3) is 0 Å². The first-order valence-corrected chi connectivity index (χ1v) is 9.96. The third-order valence-corrected chi connectivity index (χ3v) is 5.97. The number of aromatic hydroxyl groups is 1. The lowest BCUT2D eigenvalue weighted by Gasteiger charge is -2.39. The third-order valence-electron chi connectivity index (χ3n) is 5.97. The second-order valence-corrected chi connectivity index (χ2v) is 7.77. The van der Waals surface area contributed by atoms with Gasteiger partial charge >= 0.3 is 0 Å². The van der Waals surface area contributed by atoms with Gasteiger partial charge in [0, 0.05) is 35.9 Å². The van der Waals surface area contributed by atoms with Gasteiger partial charge in [0.15, 0.2) is 11.5 Å². The van der Waals surface area contributed by atoms with E-state index in [9.17, 15) is 25.3 Å². The molecule has 1 aliphatic heterocycles. The number of fused-ring (bicyclic) bond motifs is 1. The molecule has 0 bridgehead atoms. The van der Waals surface area contributed by atoms with E-state index in [0.717, 1.165) is 22.4 Å². The highest BCUT2D eigenvalue weighted by Crippen LogP contribution is 2.49. The van der Waals surface area contributed by atoms with Crippen molar-refractivity contribution in [1.29, 1.82) is 0 Å². The summed E-state index contributed by atoms with van der Waals surface area (Å²) >= 11 is 0. The van der Waals surface area contributed by atoms with Gasteiger partial charge in [-0.2, -0.15) is 0 Å². The van der Waals surface area contributed by atoms with Gasteiger partial charge < -0.3 is 15.2 Å². The van der Waals surface area contributed by atoms with Gasteiger partial charge in [-0.25, -0.2) is 0 Å². The summed E-state index contributed by atoms with van der Waals surface area (Å²) in [4.78, 5) is 21.6. The quantitative estimate of drug-likeness (QED) is 0.419. The van der Waals surface area contributed by atoms with E-state index in [4.69, 9.17) is 4.74 Å². The summed E-state index contributed by atoms with van der Waals surface area (Å²) < 4.78 is 5.27. The second kappa shape index (κ2) is 8.18. The molecule has 32 heavy (non-hydrogen) atoms. The Kier molecular flexibility index (Phi) is 5.40. The van der Waals surface area contributed by atoms with E-state index in [1.165, 1.54) is 25.3 Å². The first-order chi connectivity index (χ1) is 15.3. The number of nitrogens with zero attached hydrogens (tertiary/aromatic N) is 2. The van der Waals surface area contributed by atoms with Crippen LogP contribution >= 0.6 is 0 Å². The number of anilines is 1. The Balaban J connectivity index is 1.84. The highest BCUT2D eigenvalue weighted by molar-refractivity contribution is 5.64. The number of methoxy groups -OCH3 is 1. The van der Waals surface area contributed by atoms with Crippen LogP contribution in [0.5, 0.6) is 11.5 Å². The number of nitrogens with one attached hydrogen (secondary N) is 1. The van der Waals surface area contributed by atoms with Gasteiger partial charge in [0.05, 0.1) is 23.0 Å². The van der Waals surface area contributed by atoms with Gasteiger partial charge in [0.1, 0.15) is 0 Å². The van der Waals surface area contributed by atoms with Crippen molar-refractivity contribution < 1.29 is 19.7 Å². The third kappa shape index (κ3) is 3.68. The Morgan fingerprint density at radius 3 is 2.16 bits per heavy atom. The fourth-order valence-corrected chi connectivity index (χ4v) is 4.39. The van der Waals surface area contributed by atoms with Crippen LogP contribution in [0, 0.1) is 26.1 Å². The molecule has 3 aromatic rings. The summed E-state index contributed by atoms with van der Waals surface area (Å²) in [5.41, 5.74) is 3.20. The van der Waals surface area contributed by atoms with E-state index >= 15 is 0 Å². The van der Waals surface area contributed by atoms with Gasteiger partial charge in [-0.15, -0.1) is 0 Å². The Bertz CT molecular complexity index is 1190. The predicted octanol–water partition coefficient (Wildman–Crippen LogP) is 5.15. The number of benzene rings is 3. The number of hydrogen-bond acceptors (Lipinski definition) is 7. The molecule has 9 heteroatoms. The molecule has 0 amide bonds. The van der Waals surface area contributed by atoms with Gasteiger partial charge in [0.25, 0.3) is 11.4 Å². The number of nitro groups is 2. The maximum atomic E-state index is 11.4. The standard InChI is InChI=1S/C23H21N3O6/c1-13-22(15-5-10-20(27)21(11-15)32-2)18-12-17(26(30)31)8-9-19(18)24-23(13)14-3-6-16(7-4-14)25(28)29/h3-13,22-24,27H,1-2H3/t13-,22+,23-/m0/s1. The molecular formula is C23H21N3O6. The number of rotatable bonds is 5. The van der Waals surface area contributed by atoms with E-state index in [2.05, 4.69) is 5.32 Å². The minimum absolute atomic E-state index is 0.00372. The van der Waals surface area contributed by atoms with Crippen LogP contribution < -0.4 is 10.1 Å². The summed E-state index contributed by atoms with van der Waals surface area (Å²) in [6.45, 7) is 2.02. The maximum absolute atomic E-state index is 11.4. The first-order valence-electron chi connectivity index (χ1n) is 9.96. The highest BCUT2D eigenvalue weighted by Gasteiger charge is 2.37. The normalized spacial score (nSPS) is 19.5. The fourth-order valence-electron chi connectivity index (χ4n) is 4.39. The average Bonchev–Trinajstić information content (AvgIpc) is 2.79. The Morgan fingerprint density at radius 1 is 0.906 bits per heavy atom. The van der Waals surface area contributed by atoms with Crippen LogP contribution in [0.15, 0.2) is 60.7 Å². The summed E-state index contributed by atoms with van der Waals surface area (Å²) in [5, 5.41) is 35.9. The van der Waals surface area contributed by atoms with Crippen molar-refractivity contribution >= 4 is 17.1 Å². The number of non-ortho nitro benzene ring substituents is 2. The molecule has 1 aliphatic rings. The summed E-state index contributed by atoms with van der Waals surface area (Å²) in [6, 6.07) is 15.9. The second-order valence-electron chi connectivity index (χ2n) is 7.77. The number of phenols is 1. The van der Waals surface area contributed by atoms with Gasteiger partial charge in [0.2, 0.25) is 0 Å². The fraction of sp³-hybridized carbons (Fsp3) is 0.217. The molecule has 0 aliphatic carbocycles. The zero-order valence-corrected chi connectivity index (χ0v) is 17.4. The van der Waals surface area contributed by atoms with Crippen molar-refractivity contribution in [3.63, 3.8) is 0 Å². The lowest BCUT2D eigenvalue weighted by Crippen LogP contribution is -2.30. The molecule has 1 heterocycles. The zero-order chi connectivity index (χ0) is 23.0. The topological polar surface area (TPSA) is 128 Å². The molecule has 0 unspecified atom stereocenters. The Hall–Kier alpha value is -4.14. The zero-order valence-electron chi connectivity index (χ0n) is 17.4. The van der Waals surface area contributed by atoms with E-state index in [1.54, 1.807) is 42.5 Å². The van der Waals surface area contributed by atoms with Crippen LogP contribution in [0.4, 0.5) is 17.1 Å². The summed E-state index contributed by atoms with van der Waals surface area (Å²) in [7, 11) is 1.46. The van der Waals surface area contributed by atoms with Crippen LogP contribution in [0.2, 0.25) is 0 Å². The largest absolute Gasteiger partial charge is 0.504 e. The van der Waals surface area contributed by atoms with Gasteiger partial charge in [-0.1, -0.05) is 25.1 Å². The van der Waals surface area contributed by atoms with Crippen molar-refractivity contribution in [3.8, 4) is 11.5 Å². The SMILES string of the molecule is COc1cc([C@@H]2c3cc([N+](=O)[O-])ccc3N[C@H](c3ccc([N+](=O)[O-])cc3)[C@H]2C)ccc1O. The molecule has 4 rings (SSSR count). The van der Waals surface area contributed by atoms with E-state index in [1.807, 2.05) is 6.92 Å². The predicted molar refractivity (Wildman–Crippen MR) is 118 cm³/mol. The van der Waals surface area contributed by atoms with E-state index in [-0.39, 0.29) is 35.0 Å². The molecule has 0 radical (unpaired) electrons. The number of ether oxygens (including phenoxy) is 1. The van der Waals surface area contributed by atoms with Gasteiger partial charge in [-0.3, -0.25) is 20.2 Å². The number of hydrogen-bond donors (Lipinski definition) is 2. The van der Waals surface area contributed by atoms with Crippen molar-refractivity contribution in [2.24, 2.45) is 5.92 Å². The van der Waals surface area contributed by atoms with Crippen molar-refractivity contribution in [2.45, 2.75) is 18.9 Å². The molecule has 9 nitrogen and oxygen atoms in total. The van der Waals surface area contributed by atoms with Crippen molar-refractivity contribution in [1.82, 2.24) is 0 Å². The molecule has 0 fully saturated rings. The molecular weight excluding hydrogens is 414 g/mol. The molecule has 164 valence electrons. The molecule has 3 aromatic carbocycles. The molecule has 3 atom stereocenters. The number of nitro benzene ring substituents is 2. The lowest BCUT2D eigenvalue weighted by atomic mass is 9.73. The van der Waals surface area contributed by atoms with Crippen LogP contribution in [0.1, 0.15) is 35.6 Å². The first kappa shape index (κ1) is 21.1. The Morgan fingerprint density at radius 2 is 1.53 bits per heavy atom. The average molecular weight is 435 g/mol. The van der Waals surface area contributed by atoms with Crippen molar-refractivity contribution in [3.05, 3.63) is 97.6 Å². The monoisotopic (exact) mass is 435 g/mol. The Labute approximate surface area is 183 Å². The maximum Gasteiger partial charge on any atom is 0.269 e. The molecule has 0 saturated carbocycles. The molecule has 0 spiro atoms.